The molecule has 1 aliphatic carbocycles. The molecule has 0 spiro atoms. The average Bonchev–Trinajstić information content (AvgIpc) is 3.22. The standard InChI is InChI=1S/C14H20N2O2/c1-10(11-8-9-11)16(2)14(17)15-12-6-4-5-7-13(12)18-3/h4-7,10-11H,8-9H2,1-3H3,(H,15,17)/t10-/m0/s1. The summed E-state index contributed by atoms with van der Waals surface area (Å²) in [6, 6.07) is 7.64. The van der Waals surface area contributed by atoms with Gasteiger partial charge in [-0.1, -0.05) is 12.1 Å². The third kappa shape index (κ3) is 2.75. The molecule has 1 atom stereocenters. The van der Waals surface area contributed by atoms with Crippen LogP contribution in [0.2, 0.25) is 0 Å². The Morgan fingerprint density at radius 1 is 1.44 bits per heavy atom. The van der Waals surface area contributed by atoms with Crippen LogP contribution in [0.1, 0.15) is 19.8 Å². The number of hydrogen-bond acceptors (Lipinski definition) is 2. The number of rotatable bonds is 4. The Balaban J connectivity index is 2.01. The zero-order valence-electron chi connectivity index (χ0n) is 11.1. The molecule has 98 valence electrons. The van der Waals surface area contributed by atoms with E-state index in [1.54, 1.807) is 12.0 Å². The molecule has 0 heterocycles. The van der Waals surface area contributed by atoms with Gasteiger partial charge in [-0.05, 0) is 37.8 Å². The van der Waals surface area contributed by atoms with Crippen LogP contribution >= 0.6 is 0 Å². The maximum Gasteiger partial charge on any atom is 0.321 e. The molecular formula is C14H20N2O2. The van der Waals surface area contributed by atoms with Crippen LogP contribution in [0.25, 0.3) is 0 Å². The molecule has 18 heavy (non-hydrogen) atoms. The molecule has 1 aromatic rings. The van der Waals surface area contributed by atoms with E-state index >= 15 is 0 Å². The van der Waals surface area contributed by atoms with E-state index in [1.165, 1.54) is 12.8 Å². The van der Waals surface area contributed by atoms with Crippen LogP contribution in [-0.2, 0) is 0 Å². The zero-order chi connectivity index (χ0) is 13.1. The van der Waals surface area contributed by atoms with Crippen molar-refractivity contribution in [3.8, 4) is 5.75 Å². The highest BCUT2D eigenvalue weighted by Gasteiger charge is 2.32. The summed E-state index contributed by atoms with van der Waals surface area (Å²) in [5.41, 5.74) is 0.708. The minimum absolute atomic E-state index is 0.0844. The summed E-state index contributed by atoms with van der Waals surface area (Å²) in [4.78, 5) is 13.9. The molecule has 1 aliphatic rings. The first-order valence-corrected chi connectivity index (χ1v) is 6.30. The van der Waals surface area contributed by atoms with Crippen LogP contribution in [0.15, 0.2) is 24.3 Å². The summed E-state index contributed by atoms with van der Waals surface area (Å²) in [5.74, 6) is 1.34. The van der Waals surface area contributed by atoms with Crippen LogP contribution in [0.5, 0.6) is 5.75 Å². The van der Waals surface area contributed by atoms with Crippen LogP contribution in [-0.4, -0.2) is 31.1 Å². The highest BCUT2D eigenvalue weighted by Crippen LogP contribution is 2.35. The quantitative estimate of drug-likeness (QED) is 0.890. The van der Waals surface area contributed by atoms with Gasteiger partial charge < -0.3 is 15.0 Å². The Labute approximate surface area is 108 Å². The van der Waals surface area contributed by atoms with Gasteiger partial charge in [0.15, 0.2) is 0 Å². The fraction of sp³-hybridized carbons (Fsp3) is 0.500. The molecule has 1 aromatic carbocycles. The van der Waals surface area contributed by atoms with Crippen molar-refractivity contribution in [2.24, 2.45) is 5.92 Å². The van der Waals surface area contributed by atoms with Crippen molar-refractivity contribution in [3.63, 3.8) is 0 Å². The molecule has 4 heteroatoms. The van der Waals surface area contributed by atoms with Crippen molar-refractivity contribution >= 4 is 11.7 Å². The highest BCUT2D eigenvalue weighted by atomic mass is 16.5. The largest absolute Gasteiger partial charge is 0.495 e. The fourth-order valence-electron chi connectivity index (χ4n) is 2.03. The van der Waals surface area contributed by atoms with Gasteiger partial charge in [-0.2, -0.15) is 0 Å². The number of hydrogen-bond donors (Lipinski definition) is 1. The van der Waals surface area contributed by atoms with E-state index in [4.69, 9.17) is 4.74 Å². The minimum Gasteiger partial charge on any atom is -0.495 e. The number of anilines is 1. The van der Waals surface area contributed by atoms with Gasteiger partial charge in [-0.15, -0.1) is 0 Å². The van der Waals surface area contributed by atoms with E-state index in [1.807, 2.05) is 31.3 Å². The monoisotopic (exact) mass is 248 g/mol. The lowest BCUT2D eigenvalue weighted by Gasteiger charge is -2.25. The van der Waals surface area contributed by atoms with Gasteiger partial charge in [0.2, 0.25) is 0 Å². The maximum atomic E-state index is 12.1. The Morgan fingerprint density at radius 3 is 2.72 bits per heavy atom. The molecule has 2 amide bonds. The van der Waals surface area contributed by atoms with Crippen LogP contribution < -0.4 is 10.1 Å². The molecule has 0 radical (unpaired) electrons. The zero-order valence-corrected chi connectivity index (χ0v) is 11.1. The summed E-state index contributed by atoms with van der Waals surface area (Å²) in [7, 11) is 3.44. The predicted molar refractivity (Wildman–Crippen MR) is 72.0 cm³/mol. The number of carbonyl (C=O) groups excluding carboxylic acids is 1. The first kappa shape index (κ1) is 12.7. The van der Waals surface area contributed by atoms with Crippen molar-refractivity contribution in [3.05, 3.63) is 24.3 Å². The van der Waals surface area contributed by atoms with Crippen LogP contribution in [0, 0.1) is 5.92 Å². The van der Waals surface area contributed by atoms with Crippen molar-refractivity contribution in [1.29, 1.82) is 0 Å². The normalized spacial score (nSPS) is 15.9. The molecule has 0 unspecified atom stereocenters. The van der Waals surface area contributed by atoms with E-state index in [9.17, 15) is 4.79 Å². The van der Waals surface area contributed by atoms with E-state index in [0.717, 1.165) is 0 Å². The maximum absolute atomic E-state index is 12.1. The Hall–Kier alpha value is -1.71. The Morgan fingerprint density at radius 2 is 2.11 bits per heavy atom. The van der Waals surface area contributed by atoms with Crippen molar-refractivity contribution in [1.82, 2.24) is 4.90 Å². The molecule has 1 saturated carbocycles. The molecule has 0 bridgehead atoms. The van der Waals surface area contributed by atoms with Gasteiger partial charge >= 0.3 is 6.03 Å². The number of para-hydroxylation sites is 2. The summed E-state index contributed by atoms with van der Waals surface area (Å²) in [6.07, 6.45) is 2.46. The van der Waals surface area contributed by atoms with Gasteiger partial charge in [0.25, 0.3) is 0 Å². The number of urea groups is 1. The lowest BCUT2D eigenvalue weighted by Crippen LogP contribution is -2.39. The Bertz CT molecular complexity index is 430. The number of ether oxygens (including phenoxy) is 1. The second kappa shape index (κ2) is 5.29. The molecular weight excluding hydrogens is 228 g/mol. The summed E-state index contributed by atoms with van der Waals surface area (Å²) >= 11 is 0. The third-order valence-corrected chi connectivity index (χ3v) is 3.58. The van der Waals surface area contributed by atoms with Gasteiger partial charge in [-0.3, -0.25) is 0 Å². The van der Waals surface area contributed by atoms with Crippen LogP contribution in [0.3, 0.4) is 0 Å². The number of methoxy groups -OCH3 is 1. The van der Waals surface area contributed by atoms with E-state index in [2.05, 4.69) is 12.2 Å². The van der Waals surface area contributed by atoms with E-state index in [-0.39, 0.29) is 6.03 Å². The highest BCUT2D eigenvalue weighted by molar-refractivity contribution is 5.91. The van der Waals surface area contributed by atoms with Gasteiger partial charge in [0.05, 0.1) is 12.8 Å². The number of nitrogens with one attached hydrogen (secondary N) is 1. The van der Waals surface area contributed by atoms with Gasteiger partial charge in [-0.25, -0.2) is 4.79 Å². The van der Waals surface area contributed by atoms with Gasteiger partial charge in [0.1, 0.15) is 5.75 Å². The molecule has 1 N–H and O–H groups in total. The van der Waals surface area contributed by atoms with E-state index < -0.39 is 0 Å². The smallest absolute Gasteiger partial charge is 0.321 e. The molecule has 1 fully saturated rings. The third-order valence-electron chi connectivity index (χ3n) is 3.58. The van der Waals surface area contributed by atoms with Crippen LogP contribution in [0.4, 0.5) is 10.5 Å². The first-order valence-electron chi connectivity index (χ1n) is 6.30. The second-order valence-electron chi connectivity index (χ2n) is 4.82. The molecule has 0 saturated heterocycles. The summed E-state index contributed by atoms with van der Waals surface area (Å²) in [5, 5.41) is 2.89. The summed E-state index contributed by atoms with van der Waals surface area (Å²) < 4.78 is 5.21. The molecule has 2 rings (SSSR count). The summed E-state index contributed by atoms with van der Waals surface area (Å²) in [6.45, 7) is 2.10. The second-order valence-corrected chi connectivity index (χ2v) is 4.82. The van der Waals surface area contributed by atoms with Crippen molar-refractivity contribution in [2.45, 2.75) is 25.8 Å². The molecule has 0 aliphatic heterocycles. The average molecular weight is 248 g/mol. The number of benzene rings is 1. The lowest BCUT2D eigenvalue weighted by molar-refractivity contribution is 0.201. The van der Waals surface area contributed by atoms with Crippen molar-refractivity contribution in [2.75, 3.05) is 19.5 Å². The number of nitrogens with zero attached hydrogens (tertiary/aromatic N) is 1. The minimum atomic E-state index is -0.0844. The number of carbonyl (C=O) groups is 1. The molecule has 0 aromatic heterocycles. The van der Waals surface area contributed by atoms with Gasteiger partial charge in [0, 0.05) is 13.1 Å². The topological polar surface area (TPSA) is 41.6 Å². The lowest BCUT2D eigenvalue weighted by atomic mass is 10.2. The Kier molecular flexibility index (Phi) is 3.75. The first-order chi connectivity index (χ1) is 8.63. The SMILES string of the molecule is COc1ccccc1NC(=O)N(C)[C@@H](C)C1CC1. The van der Waals surface area contributed by atoms with Crippen molar-refractivity contribution < 1.29 is 9.53 Å². The predicted octanol–water partition coefficient (Wildman–Crippen LogP) is 2.96. The number of amides is 2. The fourth-order valence-corrected chi connectivity index (χ4v) is 2.03. The molecule has 4 nitrogen and oxygen atoms in total. The van der Waals surface area contributed by atoms with E-state index in [0.29, 0.717) is 23.4 Å².